The zero-order valence-electron chi connectivity index (χ0n) is 14.7. The van der Waals surface area contributed by atoms with Crippen LogP contribution in [0.5, 0.6) is 0 Å². The summed E-state index contributed by atoms with van der Waals surface area (Å²) in [4.78, 5) is 0. The van der Waals surface area contributed by atoms with Gasteiger partial charge in [-0.1, -0.05) is 38.7 Å². The van der Waals surface area contributed by atoms with E-state index >= 15 is 0 Å². The first-order valence-electron chi connectivity index (χ1n) is 8.87. The summed E-state index contributed by atoms with van der Waals surface area (Å²) in [5, 5.41) is 9.00. The molecule has 0 spiro atoms. The van der Waals surface area contributed by atoms with E-state index in [0.717, 1.165) is 37.6 Å². The average molecular weight is 321 g/mol. The molecule has 1 atom stereocenters. The maximum atomic E-state index is 9.00. The van der Waals surface area contributed by atoms with Gasteiger partial charge in [-0.2, -0.15) is 5.26 Å². The van der Waals surface area contributed by atoms with Gasteiger partial charge in [0.25, 0.3) is 0 Å². The van der Waals surface area contributed by atoms with Gasteiger partial charge in [0, 0.05) is 19.6 Å². The van der Waals surface area contributed by atoms with Gasteiger partial charge in [0.2, 0.25) is 0 Å². The Balaban J connectivity index is 2.03. The van der Waals surface area contributed by atoms with Crippen molar-refractivity contribution < 1.29 is 14.2 Å². The summed E-state index contributed by atoms with van der Waals surface area (Å²) < 4.78 is 16.7. The SMILES string of the molecule is CCCCOCCCCCCCOC1=C(OC)C=CC(C#N)C1. The number of unbranched alkanes of at least 4 members (excludes halogenated alkanes) is 5. The van der Waals surface area contributed by atoms with Crippen molar-refractivity contribution in [2.45, 2.75) is 58.3 Å². The van der Waals surface area contributed by atoms with Gasteiger partial charge in [-0.25, -0.2) is 0 Å². The molecule has 0 aliphatic heterocycles. The van der Waals surface area contributed by atoms with E-state index < -0.39 is 0 Å². The van der Waals surface area contributed by atoms with Crippen LogP contribution in [0.3, 0.4) is 0 Å². The van der Waals surface area contributed by atoms with E-state index in [1.807, 2.05) is 12.2 Å². The van der Waals surface area contributed by atoms with Gasteiger partial charge in [0.05, 0.1) is 25.7 Å². The minimum atomic E-state index is -0.100. The van der Waals surface area contributed by atoms with Gasteiger partial charge in [-0.05, 0) is 25.3 Å². The molecule has 0 amide bonds. The van der Waals surface area contributed by atoms with Gasteiger partial charge in [-0.3, -0.25) is 0 Å². The topological polar surface area (TPSA) is 51.5 Å². The molecule has 0 N–H and O–H groups in total. The number of allylic oxidation sites excluding steroid dienone is 3. The summed E-state index contributed by atoms with van der Waals surface area (Å²) in [5.41, 5.74) is 0. The predicted octanol–water partition coefficient (Wildman–Crippen LogP) is 4.73. The van der Waals surface area contributed by atoms with Gasteiger partial charge in [0.15, 0.2) is 5.76 Å². The Kier molecular flexibility index (Phi) is 11.1. The Bertz CT molecular complexity index is 409. The molecule has 4 heteroatoms. The summed E-state index contributed by atoms with van der Waals surface area (Å²) in [5.74, 6) is 1.46. The lowest BCUT2D eigenvalue weighted by Gasteiger charge is -2.18. The second-order valence-electron chi connectivity index (χ2n) is 5.87. The molecule has 4 nitrogen and oxygen atoms in total. The van der Waals surface area contributed by atoms with E-state index in [1.165, 1.54) is 32.1 Å². The second-order valence-corrected chi connectivity index (χ2v) is 5.87. The minimum absolute atomic E-state index is 0.100. The van der Waals surface area contributed by atoms with Crippen molar-refractivity contribution in [3.05, 3.63) is 23.7 Å². The van der Waals surface area contributed by atoms with Gasteiger partial charge in [-0.15, -0.1) is 0 Å². The monoisotopic (exact) mass is 321 g/mol. The molecule has 130 valence electrons. The summed E-state index contributed by atoms with van der Waals surface area (Å²) in [6.45, 7) is 4.67. The second kappa shape index (κ2) is 13.0. The predicted molar refractivity (Wildman–Crippen MR) is 91.7 cm³/mol. The van der Waals surface area contributed by atoms with Crippen molar-refractivity contribution >= 4 is 0 Å². The van der Waals surface area contributed by atoms with Crippen LogP contribution in [0, 0.1) is 17.2 Å². The van der Waals surface area contributed by atoms with E-state index in [2.05, 4.69) is 13.0 Å². The number of ether oxygens (including phenoxy) is 3. The molecule has 1 unspecified atom stereocenters. The molecule has 0 aromatic carbocycles. The van der Waals surface area contributed by atoms with Crippen molar-refractivity contribution in [1.29, 1.82) is 5.26 Å². The van der Waals surface area contributed by atoms with Crippen molar-refractivity contribution in [3.8, 4) is 6.07 Å². The van der Waals surface area contributed by atoms with Crippen LogP contribution in [-0.4, -0.2) is 26.9 Å². The maximum Gasteiger partial charge on any atom is 0.156 e. The number of methoxy groups -OCH3 is 1. The zero-order chi connectivity index (χ0) is 16.8. The molecule has 0 aromatic heterocycles. The van der Waals surface area contributed by atoms with Crippen LogP contribution in [0.25, 0.3) is 0 Å². The Hall–Kier alpha value is -1.47. The minimum Gasteiger partial charge on any atom is -0.494 e. The van der Waals surface area contributed by atoms with Crippen molar-refractivity contribution in [1.82, 2.24) is 0 Å². The van der Waals surface area contributed by atoms with Gasteiger partial charge >= 0.3 is 0 Å². The first-order chi connectivity index (χ1) is 11.3. The standard InChI is InChI=1S/C19H31NO3/c1-3-4-12-22-13-8-6-5-7-9-14-23-19-15-17(16-20)10-11-18(19)21-2/h10-11,17H,3-9,12-15H2,1-2H3. The van der Waals surface area contributed by atoms with E-state index in [4.69, 9.17) is 19.5 Å². The molecule has 0 bridgehead atoms. The molecular formula is C19H31NO3. The Morgan fingerprint density at radius 1 is 1.09 bits per heavy atom. The highest BCUT2D eigenvalue weighted by molar-refractivity contribution is 5.25. The Morgan fingerprint density at radius 2 is 1.78 bits per heavy atom. The maximum absolute atomic E-state index is 9.00. The summed E-state index contributed by atoms with van der Waals surface area (Å²) in [7, 11) is 1.64. The first-order valence-corrected chi connectivity index (χ1v) is 8.87. The van der Waals surface area contributed by atoms with Crippen LogP contribution < -0.4 is 0 Å². The van der Waals surface area contributed by atoms with Crippen LogP contribution in [0.15, 0.2) is 23.7 Å². The van der Waals surface area contributed by atoms with E-state index in [1.54, 1.807) is 7.11 Å². The molecule has 0 saturated carbocycles. The number of nitriles is 1. The van der Waals surface area contributed by atoms with Crippen LogP contribution in [0.4, 0.5) is 0 Å². The molecule has 1 rings (SSSR count). The van der Waals surface area contributed by atoms with E-state index in [9.17, 15) is 0 Å². The van der Waals surface area contributed by atoms with Crippen LogP contribution in [0.2, 0.25) is 0 Å². The fraction of sp³-hybridized carbons (Fsp3) is 0.737. The molecule has 1 aliphatic carbocycles. The number of hydrogen-bond acceptors (Lipinski definition) is 4. The van der Waals surface area contributed by atoms with E-state index in [-0.39, 0.29) is 5.92 Å². The molecule has 0 saturated heterocycles. The van der Waals surface area contributed by atoms with Crippen LogP contribution in [-0.2, 0) is 14.2 Å². The summed E-state index contributed by atoms with van der Waals surface area (Å²) in [6, 6.07) is 2.25. The van der Waals surface area contributed by atoms with Crippen LogP contribution in [0.1, 0.15) is 58.3 Å². The lowest BCUT2D eigenvalue weighted by atomic mass is 10.00. The lowest BCUT2D eigenvalue weighted by Crippen LogP contribution is -2.08. The third-order valence-electron chi connectivity index (χ3n) is 3.90. The largest absolute Gasteiger partial charge is 0.494 e. The van der Waals surface area contributed by atoms with Gasteiger partial charge < -0.3 is 14.2 Å². The quantitative estimate of drug-likeness (QED) is 0.460. The Morgan fingerprint density at radius 3 is 2.48 bits per heavy atom. The summed E-state index contributed by atoms with van der Waals surface area (Å²) >= 11 is 0. The zero-order valence-corrected chi connectivity index (χ0v) is 14.7. The number of rotatable bonds is 13. The smallest absolute Gasteiger partial charge is 0.156 e. The highest BCUT2D eigenvalue weighted by Crippen LogP contribution is 2.24. The highest BCUT2D eigenvalue weighted by atomic mass is 16.5. The third kappa shape index (κ3) is 8.66. The molecular weight excluding hydrogens is 290 g/mol. The normalized spacial score (nSPS) is 17.2. The molecule has 0 radical (unpaired) electrons. The fourth-order valence-electron chi connectivity index (χ4n) is 2.45. The number of hydrogen-bond donors (Lipinski definition) is 0. The fourth-order valence-corrected chi connectivity index (χ4v) is 2.45. The molecule has 1 aliphatic rings. The van der Waals surface area contributed by atoms with Gasteiger partial charge in [0.1, 0.15) is 5.76 Å². The van der Waals surface area contributed by atoms with Crippen molar-refractivity contribution in [2.24, 2.45) is 5.92 Å². The highest BCUT2D eigenvalue weighted by Gasteiger charge is 2.17. The third-order valence-corrected chi connectivity index (χ3v) is 3.90. The number of nitrogens with zero attached hydrogens (tertiary/aromatic N) is 1. The van der Waals surface area contributed by atoms with Crippen molar-refractivity contribution in [3.63, 3.8) is 0 Å². The lowest BCUT2D eigenvalue weighted by molar-refractivity contribution is 0.126. The first kappa shape index (κ1) is 19.6. The molecule has 23 heavy (non-hydrogen) atoms. The molecule has 0 heterocycles. The average Bonchev–Trinajstić information content (AvgIpc) is 2.59. The molecule has 0 aromatic rings. The Labute approximate surface area is 141 Å². The summed E-state index contributed by atoms with van der Waals surface area (Å²) in [6.07, 6.45) is 12.5. The van der Waals surface area contributed by atoms with Crippen LogP contribution >= 0.6 is 0 Å². The molecule has 0 fully saturated rings. The van der Waals surface area contributed by atoms with Crippen molar-refractivity contribution in [2.75, 3.05) is 26.9 Å². The van der Waals surface area contributed by atoms with E-state index in [0.29, 0.717) is 13.0 Å².